The number of likely N-dealkylation sites (tertiary alicyclic amines) is 1. The molecule has 208 valence electrons. The van der Waals surface area contributed by atoms with E-state index in [9.17, 15) is 9.18 Å². The van der Waals surface area contributed by atoms with Gasteiger partial charge >= 0.3 is 0 Å². The molecule has 0 atom stereocenters. The number of carbonyl (C=O) groups is 1. The summed E-state index contributed by atoms with van der Waals surface area (Å²) in [5, 5.41) is 9.44. The van der Waals surface area contributed by atoms with Crippen LogP contribution in [0.2, 0.25) is 0 Å². The van der Waals surface area contributed by atoms with Gasteiger partial charge in [-0.05, 0) is 61.6 Å². The van der Waals surface area contributed by atoms with Crippen LogP contribution in [0.3, 0.4) is 0 Å². The molecule has 1 saturated heterocycles. The Morgan fingerprint density at radius 3 is 2.76 bits per heavy atom. The number of piperidine rings is 1. The Bertz CT molecular complexity index is 1760. The second-order valence-corrected chi connectivity index (χ2v) is 10.5. The molecule has 12 heteroatoms. The Morgan fingerprint density at radius 2 is 2.00 bits per heavy atom. The van der Waals surface area contributed by atoms with Crippen LogP contribution in [0.5, 0.6) is 10.9 Å². The Morgan fingerprint density at radius 1 is 1.17 bits per heavy atom. The van der Waals surface area contributed by atoms with Crippen LogP contribution in [0.4, 0.5) is 20.3 Å². The molecule has 0 unspecified atom stereocenters. The lowest BCUT2D eigenvalue weighted by Gasteiger charge is -2.31. The van der Waals surface area contributed by atoms with Crippen molar-refractivity contribution < 1.29 is 18.3 Å². The van der Waals surface area contributed by atoms with Crippen molar-refractivity contribution in [3.8, 4) is 22.2 Å². The Labute approximate surface area is 238 Å². The maximum absolute atomic E-state index is 15.2. The lowest BCUT2D eigenvalue weighted by atomic mass is 9.90. The van der Waals surface area contributed by atoms with Crippen molar-refractivity contribution in [1.29, 1.82) is 0 Å². The first kappa shape index (κ1) is 26.5. The number of nitrogens with zero attached hydrogens (tertiary/aromatic N) is 6. The second kappa shape index (κ2) is 11.0. The van der Waals surface area contributed by atoms with E-state index in [1.165, 1.54) is 35.9 Å². The molecule has 0 aliphatic carbocycles. The van der Waals surface area contributed by atoms with Gasteiger partial charge in [0.25, 0.3) is 5.19 Å². The molecule has 0 radical (unpaired) electrons. The lowest BCUT2D eigenvalue weighted by molar-refractivity contribution is -0.127. The molecule has 9 nitrogen and oxygen atoms in total. The number of hydrogen-bond donors (Lipinski definition) is 1. The number of aryl methyl sites for hydroxylation is 1. The van der Waals surface area contributed by atoms with E-state index in [1.54, 1.807) is 40.0 Å². The number of pyridine rings is 1. The van der Waals surface area contributed by atoms with E-state index < -0.39 is 11.6 Å². The number of fused-ring (bicyclic) bond motifs is 1. The van der Waals surface area contributed by atoms with E-state index in [-0.39, 0.29) is 28.5 Å². The highest BCUT2D eigenvalue weighted by Crippen LogP contribution is 2.36. The van der Waals surface area contributed by atoms with Gasteiger partial charge in [-0.2, -0.15) is 5.10 Å². The van der Waals surface area contributed by atoms with Gasteiger partial charge in [-0.3, -0.25) is 9.78 Å². The number of carbonyl (C=O) groups excluding carboxylic acids is 1. The summed E-state index contributed by atoms with van der Waals surface area (Å²) in [6, 6.07) is 7.83. The summed E-state index contributed by atoms with van der Waals surface area (Å²) in [7, 11) is 0. The van der Waals surface area contributed by atoms with Crippen LogP contribution in [0.25, 0.3) is 16.8 Å². The van der Waals surface area contributed by atoms with Gasteiger partial charge in [-0.1, -0.05) is 17.9 Å². The van der Waals surface area contributed by atoms with Crippen molar-refractivity contribution in [2.75, 3.05) is 18.4 Å². The van der Waals surface area contributed by atoms with Gasteiger partial charge in [0.1, 0.15) is 29.2 Å². The molecule has 5 heterocycles. The Balaban J connectivity index is 1.19. The minimum atomic E-state index is -0.537. The Kier molecular flexibility index (Phi) is 7.14. The van der Waals surface area contributed by atoms with E-state index in [1.807, 2.05) is 12.3 Å². The highest BCUT2D eigenvalue weighted by atomic mass is 32.1. The summed E-state index contributed by atoms with van der Waals surface area (Å²) >= 11 is 1.21. The number of aromatic nitrogens is 5. The Hall–Kier alpha value is -4.71. The topological polar surface area (TPSA) is 97.5 Å². The first-order chi connectivity index (χ1) is 19.9. The van der Waals surface area contributed by atoms with Crippen molar-refractivity contribution in [3.63, 3.8) is 0 Å². The van der Waals surface area contributed by atoms with Gasteiger partial charge < -0.3 is 15.0 Å². The molecule has 1 aliphatic heterocycles. The summed E-state index contributed by atoms with van der Waals surface area (Å²) in [5.74, 6) is -0.0729. The van der Waals surface area contributed by atoms with Gasteiger partial charge in [-0.15, -0.1) is 0 Å². The van der Waals surface area contributed by atoms with Crippen LogP contribution in [0.1, 0.15) is 30.0 Å². The monoisotopic (exact) mass is 573 g/mol. The number of ether oxygens (including phenoxy) is 1. The van der Waals surface area contributed by atoms with Gasteiger partial charge in [-0.25, -0.2) is 23.3 Å². The van der Waals surface area contributed by atoms with Crippen molar-refractivity contribution >= 4 is 34.3 Å². The van der Waals surface area contributed by atoms with Crippen molar-refractivity contribution in [2.24, 2.45) is 0 Å². The predicted molar refractivity (Wildman–Crippen MR) is 152 cm³/mol. The number of anilines is 2. The molecule has 0 saturated carbocycles. The minimum Gasteiger partial charge on any atom is -0.431 e. The molecule has 1 fully saturated rings. The zero-order valence-electron chi connectivity index (χ0n) is 22.1. The molecule has 1 N–H and O–H groups in total. The molecule has 0 spiro atoms. The average molecular weight is 574 g/mol. The van der Waals surface area contributed by atoms with Crippen LogP contribution < -0.4 is 10.1 Å². The van der Waals surface area contributed by atoms with Gasteiger partial charge in [0, 0.05) is 42.5 Å². The third-order valence-corrected chi connectivity index (χ3v) is 7.83. The zero-order valence-corrected chi connectivity index (χ0v) is 22.9. The number of rotatable bonds is 7. The van der Waals surface area contributed by atoms with Crippen LogP contribution in [0, 0.1) is 18.6 Å². The number of halogens is 2. The normalized spacial score (nSPS) is 13.9. The SMILES string of the molecule is C=CC(=O)N1CCC(c2ccn3ncnc(Nc4ccc(Oc5nc(-c6cnc(C)c(F)c6)cs5)cc4F)c23)CC1. The van der Waals surface area contributed by atoms with Crippen LogP contribution >= 0.6 is 11.3 Å². The summed E-state index contributed by atoms with van der Waals surface area (Å²) in [6.07, 6.45) is 7.74. The van der Waals surface area contributed by atoms with E-state index in [0.29, 0.717) is 35.9 Å². The second-order valence-electron chi connectivity index (χ2n) is 9.64. The first-order valence-corrected chi connectivity index (χ1v) is 13.8. The quantitative estimate of drug-likeness (QED) is 0.230. The molecular formula is C29H25F2N7O2S. The number of benzene rings is 1. The van der Waals surface area contributed by atoms with Crippen LogP contribution in [0.15, 0.2) is 67.1 Å². The summed E-state index contributed by atoms with van der Waals surface area (Å²) in [6.45, 7) is 6.44. The molecule has 5 aromatic rings. The van der Waals surface area contributed by atoms with E-state index in [4.69, 9.17) is 4.74 Å². The summed E-state index contributed by atoms with van der Waals surface area (Å²) in [4.78, 5) is 26.6. The van der Waals surface area contributed by atoms with Crippen LogP contribution in [-0.2, 0) is 4.79 Å². The fourth-order valence-corrected chi connectivity index (χ4v) is 5.61. The molecule has 1 aliphatic rings. The first-order valence-electron chi connectivity index (χ1n) is 13.0. The maximum atomic E-state index is 15.2. The molecule has 1 aromatic carbocycles. The average Bonchev–Trinajstić information content (AvgIpc) is 3.64. The third kappa shape index (κ3) is 5.38. The molecule has 41 heavy (non-hydrogen) atoms. The molecule has 4 aromatic heterocycles. The van der Waals surface area contributed by atoms with Gasteiger partial charge in [0.15, 0.2) is 5.82 Å². The molecule has 6 rings (SSSR count). The van der Waals surface area contributed by atoms with E-state index in [0.717, 1.165) is 23.9 Å². The standard InChI is InChI=1S/C29H25F2N7O2S/c1-3-26(39)37-9-6-18(7-10-37)21-8-11-38-27(21)28(33-16-34-38)35-24-5-4-20(13-23(24)31)40-29-36-25(15-41-29)19-12-22(30)17(2)32-14-19/h3-5,8,11-16,18H,1,6-7,9-10H2,2H3,(H,33,34,35). The fraction of sp³-hybridized carbons (Fsp3) is 0.207. The van der Waals surface area contributed by atoms with E-state index >= 15 is 4.39 Å². The smallest absolute Gasteiger partial charge is 0.279 e. The number of nitrogens with one attached hydrogen (secondary N) is 1. The molecular weight excluding hydrogens is 548 g/mol. The lowest BCUT2D eigenvalue weighted by Crippen LogP contribution is -2.36. The highest BCUT2D eigenvalue weighted by molar-refractivity contribution is 7.11. The highest BCUT2D eigenvalue weighted by Gasteiger charge is 2.26. The maximum Gasteiger partial charge on any atom is 0.279 e. The van der Waals surface area contributed by atoms with Crippen LogP contribution in [-0.4, -0.2) is 48.5 Å². The number of hydrogen-bond acceptors (Lipinski definition) is 8. The number of amides is 1. The zero-order chi connectivity index (χ0) is 28.5. The van der Waals surface area contributed by atoms with E-state index in [2.05, 4.69) is 31.9 Å². The van der Waals surface area contributed by atoms with Gasteiger partial charge in [0.05, 0.1) is 17.1 Å². The predicted octanol–water partition coefficient (Wildman–Crippen LogP) is 6.26. The largest absolute Gasteiger partial charge is 0.431 e. The van der Waals surface area contributed by atoms with Crippen molar-refractivity contribution in [3.05, 3.63) is 90.0 Å². The molecule has 0 bridgehead atoms. The van der Waals surface area contributed by atoms with Crippen molar-refractivity contribution in [2.45, 2.75) is 25.7 Å². The summed E-state index contributed by atoms with van der Waals surface area (Å²) < 4.78 is 36.6. The minimum absolute atomic E-state index is 0.0620. The number of thiazole rings is 1. The summed E-state index contributed by atoms with van der Waals surface area (Å²) in [5.41, 5.74) is 3.38. The third-order valence-electron chi connectivity index (χ3n) is 7.11. The van der Waals surface area contributed by atoms with Gasteiger partial charge in [0.2, 0.25) is 5.91 Å². The van der Waals surface area contributed by atoms with Crippen molar-refractivity contribution in [1.82, 2.24) is 29.5 Å². The fourth-order valence-electron chi connectivity index (χ4n) is 4.91. The molecule has 1 amide bonds.